The molecule has 1 aromatic carbocycles. The van der Waals surface area contributed by atoms with E-state index < -0.39 is 0 Å². The molecule has 0 saturated heterocycles. The summed E-state index contributed by atoms with van der Waals surface area (Å²) in [5.41, 5.74) is 4.23. The van der Waals surface area contributed by atoms with Gasteiger partial charge in [-0.2, -0.15) is 0 Å². The van der Waals surface area contributed by atoms with Gasteiger partial charge in [-0.15, -0.1) is 0 Å². The van der Waals surface area contributed by atoms with Crippen LogP contribution in [0.5, 0.6) is 0 Å². The van der Waals surface area contributed by atoms with Crippen LogP contribution in [0.2, 0.25) is 6.04 Å². The molecule has 0 aromatic heterocycles. The van der Waals surface area contributed by atoms with Crippen molar-refractivity contribution in [3.8, 4) is 0 Å². The van der Waals surface area contributed by atoms with Crippen molar-refractivity contribution in [1.29, 1.82) is 0 Å². The lowest BCUT2D eigenvalue weighted by atomic mass is 9.92. The lowest BCUT2D eigenvalue weighted by Gasteiger charge is -2.13. The fourth-order valence-corrected chi connectivity index (χ4v) is 3.13. The number of benzene rings is 1. The highest BCUT2D eigenvalue weighted by Gasteiger charge is 2.18. The second-order valence-corrected chi connectivity index (χ2v) is 6.31. The SMILES string of the molecule is C=C(c1ccc(CCC[SiH3])cc1)C1CCCC1. The van der Waals surface area contributed by atoms with E-state index in [0.29, 0.717) is 0 Å². The lowest BCUT2D eigenvalue weighted by Crippen LogP contribution is -1.97. The predicted molar refractivity (Wildman–Crippen MR) is 80.5 cm³/mol. The zero-order valence-electron chi connectivity index (χ0n) is 11.0. The molecule has 1 heteroatoms. The van der Waals surface area contributed by atoms with Crippen molar-refractivity contribution in [2.24, 2.45) is 5.92 Å². The number of rotatable bonds is 5. The van der Waals surface area contributed by atoms with Gasteiger partial charge in [-0.3, -0.25) is 0 Å². The minimum absolute atomic E-state index is 0.752. The molecule has 1 aliphatic rings. The molecule has 0 bridgehead atoms. The van der Waals surface area contributed by atoms with Gasteiger partial charge in [0.25, 0.3) is 0 Å². The van der Waals surface area contributed by atoms with Gasteiger partial charge in [0, 0.05) is 10.2 Å². The Bertz CT molecular complexity index is 358. The van der Waals surface area contributed by atoms with Crippen LogP contribution in [0.15, 0.2) is 30.8 Å². The highest BCUT2D eigenvalue weighted by Crippen LogP contribution is 2.35. The van der Waals surface area contributed by atoms with Crippen molar-refractivity contribution in [2.75, 3.05) is 0 Å². The fraction of sp³-hybridized carbons (Fsp3) is 0.500. The van der Waals surface area contributed by atoms with Gasteiger partial charge in [0.1, 0.15) is 0 Å². The highest BCUT2D eigenvalue weighted by molar-refractivity contribution is 6.08. The van der Waals surface area contributed by atoms with E-state index in [4.69, 9.17) is 0 Å². The normalized spacial score (nSPS) is 16.5. The second kappa shape index (κ2) is 6.20. The smallest absolute Gasteiger partial charge is 0.00281 e. The molecule has 0 aliphatic heterocycles. The van der Waals surface area contributed by atoms with E-state index in [9.17, 15) is 0 Å². The molecule has 1 aromatic rings. The topological polar surface area (TPSA) is 0 Å². The van der Waals surface area contributed by atoms with Crippen molar-refractivity contribution in [1.82, 2.24) is 0 Å². The first-order valence-corrected chi connectivity index (χ1v) is 8.50. The van der Waals surface area contributed by atoms with E-state index in [1.165, 1.54) is 71.5 Å². The molecule has 0 nitrogen and oxygen atoms in total. The predicted octanol–water partition coefficient (Wildman–Crippen LogP) is 3.61. The number of allylic oxidation sites excluding steroid dienone is 1. The third kappa shape index (κ3) is 3.32. The van der Waals surface area contributed by atoms with Crippen molar-refractivity contribution < 1.29 is 0 Å². The molecule has 0 amide bonds. The Balaban J connectivity index is 1.99. The summed E-state index contributed by atoms with van der Waals surface area (Å²) in [6.07, 6.45) is 8.08. The number of aryl methyl sites for hydroxylation is 1. The molecule has 1 fully saturated rings. The summed E-state index contributed by atoms with van der Waals surface area (Å²) in [4.78, 5) is 0. The van der Waals surface area contributed by atoms with Gasteiger partial charge in [0.15, 0.2) is 0 Å². The third-order valence-corrected chi connectivity index (χ3v) is 4.70. The Morgan fingerprint density at radius 3 is 2.41 bits per heavy atom. The summed E-state index contributed by atoms with van der Waals surface area (Å²) in [5.74, 6) is 0.752. The lowest BCUT2D eigenvalue weighted by molar-refractivity contribution is 0.707. The van der Waals surface area contributed by atoms with Crippen LogP contribution >= 0.6 is 0 Å². The number of hydrogen-bond acceptors (Lipinski definition) is 0. The Morgan fingerprint density at radius 2 is 1.82 bits per heavy atom. The standard InChI is InChI=1S/C16H24Si/c1-13(15-6-2-3-7-15)16-10-8-14(9-11-16)5-4-12-17/h8-11,15H,1-7,12H2,17H3. The molecule has 1 aliphatic carbocycles. The molecule has 0 N–H and O–H groups in total. The maximum Gasteiger partial charge on any atom is 0.00281 e. The van der Waals surface area contributed by atoms with E-state index in [-0.39, 0.29) is 0 Å². The van der Waals surface area contributed by atoms with Crippen LogP contribution in [-0.4, -0.2) is 10.2 Å². The molecular weight excluding hydrogens is 220 g/mol. The van der Waals surface area contributed by atoms with Gasteiger partial charge >= 0.3 is 0 Å². The van der Waals surface area contributed by atoms with E-state index >= 15 is 0 Å². The van der Waals surface area contributed by atoms with Gasteiger partial charge in [-0.1, -0.05) is 56.2 Å². The maximum atomic E-state index is 4.30. The molecule has 0 radical (unpaired) electrons. The van der Waals surface area contributed by atoms with E-state index in [1.54, 1.807) is 0 Å². The summed E-state index contributed by atoms with van der Waals surface area (Å²) < 4.78 is 0. The Labute approximate surface area is 109 Å². The first kappa shape index (κ1) is 12.6. The second-order valence-electron chi connectivity index (χ2n) is 5.31. The van der Waals surface area contributed by atoms with Crippen LogP contribution in [0.3, 0.4) is 0 Å². The fourth-order valence-electron chi connectivity index (χ4n) is 2.78. The van der Waals surface area contributed by atoms with E-state index in [2.05, 4.69) is 30.8 Å². The van der Waals surface area contributed by atoms with Crippen LogP contribution < -0.4 is 0 Å². The Kier molecular flexibility index (Phi) is 4.61. The molecule has 92 valence electrons. The summed E-state index contributed by atoms with van der Waals surface area (Å²) in [6, 6.07) is 10.6. The maximum absolute atomic E-state index is 4.30. The van der Waals surface area contributed by atoms with Crippen molar-refractivity contribution in [3.05, 3.63) is 42.0 Å². The first-order valence-electron chi connectivity index (χ1n) is 7.09. The monoisotopic (exact) mass is 244 g/mol. The van der Waals surface area contributed by atoms with Gasteiger partial charge in [0.05, 0.1) is 0 Å². The van der Waals surface area contributed by atoms with Crippen LogP contribution in [0.1, 0.15) is 43.2 Å². The molecule has 0 heterocycles. The summed E-state index contributed by atoms with van der Waals surface area (Å²) in [6.45, 7) is 4.30. The van der Waals surface area contributed by atoms with Gasteiger partial charge in [0.2, 0.25) is 0 Å². The zero-order chi connectivity index (χ0) is 12.1. The first-order chi connectivity index (χ1) is 8.31. The largest absolute Gasteiger partial charge is 0.0950 e. The summed E-state index contributed by atoms with van der Waals surface area (Å²) in [7, 11) is 1.34. The molecule has 17 heavy (non-hydrogen) atoms. The molecule has 2 rings (SSSR count). The van der Waals surface area contributed by atoms with Gasteiger partial charge in [-0.25, -0.2) is 0 Å². The van der Waals surface area contributed by atoms with Crippen LogP contribution in [-0.2, 0) is 6.42 Å². The average molecular weight is 244 g/mol. The molecule has 0 unspecified atom stereocenters. The van der Waals surface area contributed by atoms with E-state index in [0.717, 1.165) is 5.92 Å². The molecule has 1 saturated carbocycles. The van der Waals surface area contributed by atoms with Crippen LogP contribution in [0.4, 0.5) is 0 Å². The van der Waals surface area contributed by atoms with Crippen LogP contribution in [0.25, 0.3) is 5.57 Å². The summed E-state index contributed by atoms with van der Waals surface area (Å²) in [5, 5.41) is 0. The van der Waals surface area contributed by atoms with Crippen molar-refractivity contribution in [2.45, 2.75) is 44.6 Å². The van der Waals surface area contributed by atoms with Crippen molar-refractivity contribution in [3.63, 3.8) is 0 Å². The quantitative estimate of drug-likeness (QED) is 0.694. The average Bonchev–Trinajstić information content (AvgIpc) is 2.90. The minimum Gasteiger partial charge on any atom is -0.0950 e. The van der Waals surface area contributed by atoms with Crippen LogP contribution in [0, 0.1) is 5.92 Å². The summed E-state index contributed by atoms with van der Waals surface area (Å²) >= 11 is 0. The van der Waals surface area contributed by atoms with Crippen molar-refractivity contribution >= 4 is 15.8 Å². The van der Waals surface area contributed by atoms with Gasteiger partial charge < -0.3 is 0 Å². The Morgan fingerprint density at radius 1 is 1.18 bits per heavy atom. The highest BCUT2D eigenvalue weighted by atomic mass is 28.1. The third-order valence-electron chi connectivity index (χ3n) is 3.99. The number of hydrogen-bond donors (Lipinski definition) is 0. The Hall–Kier alpha value is -0.823. The van der Waals surface area contributed by atoms with Gasteiger partial charge in [-0.05, 0) is 41.9 Å². The molecular formula is C16H24Si. The molecule has 0 atom stereocenters. The van der Waals surface area contributed by atoms with E-state index in [1.807, 2.05) is 0 Å². The minimum atomic E-state index is 0.752. The molecule has 0 spiro atoms. The zero-order valence-corrected chi connectivity index (χ0v) is 13.0.